The second-order valence-electron chi connectivity index (χ2n) is 11.6. The topological polar surface area (TPSA) is 122 Å². The van der Waals surface area contributed by atoms with Gasteiger partial charge in [0.05, 0.1) is 54.6 Å². The molecule has 1 aliphatic rings. The average molecular weight is 682 g/mol. The summed E-state index contributed by atoms with van der Waals surface area (Å²) in [5.41, 5.74) is 4.59. The third-order valence-electron chi connectivity index (χ3n) is 8.30. The summed E-state index contributed by atoms with van der Waals surface area (Å²) in [5, 5.41) is 0. The molecule has 0 saturated heterocycles. The molecular formula is C36H49N4O7S+. The zero-order valence-corrected chi connectivity index (χ0v) is 29.6. The van der Waals surface area contributed by atoms with Gasteiger partial charge >= 0.3 is 11.9 Å². The molecule has 0 radical (unpaired) electrons. The summed E-state index contributed by atoms with van der Waals surface area (Å²) in [6, 6.07) is 11.1. The molecule has 2 aromatic carbocycles. The number of unbranched alkanes of at least 4 members (excludes halogenated alkanes) is 2. The third kappa shape index (κ3) is 8.46. The Morgan fingerprint density at radius 2 is 1.50 bits per heavy atom. The maximum atomic E-state index is 12.7. The van der Waals surface area contributed by atoms with Gasteiger partial charge in [-0.2, -0.15) is 8.42 Å². The van der Waals surface area contributed by atoms with Gasteiger partial charge in [0.2, 0.25) is 0 Å². The van der Waals surface area contributed by atoms with Crippen LogP contribution in [0.25, 0.3) is 17.1 Å². The van der Waals surface area contributed by atoms with Crippen molar-refractivity contribution in [2.24, 2.45) is 0 Å². The van der Waals surface area contributed by atoms with E-state index in [0.29, 0.717) is 30.8 Å². The van der Waals surface area contributed by atoms with Crippen LogP contribution >= 0.6 is 0 Å². The summed E-state index contributed by atoms with van der Waals surface area (Å²) in [6.07, 6.45) is 10.2. The number of hydrogen-bond acceptors (Lipinski definition) is 8. The number of aryl methyl sites for hydroxylation is 2. The Labute approximate surface area is 284 Å². The number of carbonyl (C=O) groups excluding carboxylic acids is 2. The highest BCUT2D eigenvalue weighted by Gasteiger charge is 2.31. The highest BCUT2D eigenvalue weighted by molar-refractivity contribution is 7.85. The summed E-state index contributed by atoms with van der Waals surface area (Å²) >= 11 is 0. The Balaban J connectivity index is 1.84. The van der Waals surface area contributed by atoms with Gasteiger partial charge in [0.25, 0.3) is 15.9 Å². The third-order valence-corrected chi connectivity index (χ3v) is 9.11. The first-order valence-electron chi connectivity index (χ1n) is 17.0. The first kappa shape index (κ1) is 36.7. The second kappa shape index (κ2) is 16.8. The summed E-state index contributed by atoms with van der Waals surface area (Å²) in [6.45, 7) is 13.0. The average Bonchev–Trinajstić information content (AvgIpc) is 3.52. The van der Waals surface area contributed by atoms with Crippen molar-refractivity contribution >= 4 is 50.5 Å². The van der Waals surface area contributed by atoms with Crippen LogP contribution in [0.2, 0.25) is 0 Å². The molecule has 48 heavy (non-hydrogen) atoms. The number of anilines is 2. The van der Waals surface area contributed by atoms with E-state index in [-0.39, 0.29) is 24.7 Å². The van der Waals surface area contributed by atoms with Crippen LogP contribution in [0.1, 0.15) is 93.3 Å². The van der Waals surface area contributed by atoms with Gasteiger partial charge < -0.3 is 19.3 Å². The molecule has 0 amide bonds. The Morgan fingerprint density at radius 3 is 2.12 bits per heavy atom. The lowest BCUT2D eigenvalue weighted by Gasteiger charge is -2.24. The van der Waals surface area contributed by atoms with Crippen molar-refractivity contribution in [2.45, 2.75) is 79.8 Å². The standard InChI is InChI=1S/C36H48N4O7S/c1-6-11-21-38-29-19-17-27(35(41)46-9-4)25-31(29)37(8-3)33(38)15-13-16-34-39(22-12-7-2)30-20-18-28(36(42)47-10-5)26-32(30)40(34)23-14-24-48(43,44)45/h13,15-20,25-26H,6-12,14,21-24H2,1-5H3/p+1. The molecule has 1 aliphatic heterocycles. The number of allylic oxidation sites excluding steroid dienone is 2. The number of ether oxygens (including phenoxy) is 2. The number of nitrogens with zero attached hydrogens (tertiary/aromatic N) is 4. The van der Waals surface area contributed by atoms with Crippen LogP contribution in [0.4, 0.5) is 11.4 Å². The lowest BCUT2D eigenvalue weighted by atomic mass is 10.1. The molecule has 3 aromatic rings. The minimum atomic E-state index is -4.15. The quantitative estimate of drug-likeness (QED) is 0.0985. The van der Waals surface area contributed by atoms with Crippen LogP contribution in [0, 0.1) is 0 Å². The molecule has 0 atom stereocenters. The van der Waals surface area contributed by atoms with Crippen molar-refractivity contribution in [1.82, 2.24) is 4.57 Å². The minimum Gasteiger partial charge on any atom is -0.462 e. The van der Waals surface area contributed by atoms with E-state index in [4.69, 9.17) is 9.47 Å². The van der Waals surface area contributed by atoms with E-state index in [1.165, 1.54) is 0 Å². The number of carbonyl (C=O) groups is 2. The van der Waals surface area contributed by atoms with E-state index < -0.39 is 16.1 Å². The molecule has 0 unspecified atom stereocenters. The van der Waals surface area contributed by atoms with Gasteiger partial charge in [-0.1, -0.05) is 32.8 Å². The van der Waals surface area contributed by atoms with Crippen LogP contribution in [0.3, 0.4) is 0 Å². The SMILES string of the molecule is CCCCN1/C(=C/C=C/c2n(CCCS(=O)(=O)O)c3cc(C(=O)OCC)ccc3[n+]2CCCC)N(CC)c2cc(C(=O)OCC)ccc21. The molecule has 0 fully saturated rings. The van der Waals surface area contributed by atoms with E-state index in [1.807, 2.05) is 41.0 Å². The lowest BCUT2D eigenvalue weighted by Crippen LogP contribution is -2.36. The molecule has 4 rings (SSSR count). The first-order valence-corrected chi connectivity index (χ1v) is 18.6. The fourth-order valence-corrected chi connectivity index (χ4v) is 6.55. The van der Waals surface area contributed by atoms with Crippen molar-refractivity contribution in [3.63, 3.8) is 0 Å². The second-order valence-corrected chi connectivity index (χ2v) is 13.2. The zero-order valence-electron chi connectivity index (χ0n) is 28.8. The molecule has 11 nitrogen and oxygen atoms in total. The van der Waals surface area contributed by atoms with Crippen molar-refractivity contribution in [3.05, 3.63) is 71.3 Å². The van der Waals surface area contributed by atoms with E-state index in [2.05, 4.69) is 41.2 Å². The summed E-state index contributed by atoms with van der Waals surface area (Å²) in [7, 11) is -4.15. The fourth-order valence-electron chi connectivity index (χ4n) is 6.06. The van der Waals surface area contributed by atoms with Gasteiger partial charge in [-0.15, -0.1) is 0 Å². The van der Waals surface area contributed by atoms with Gasteiger partial charge in [-0.05, 0) is 70.0 Å². The first-order chi connectivity index (χ1) is 23.1. The molecule has 2 heterocycles. The highest BCUT2D eigenvalue weighted by atomic mass is 32.2. The molecule has 0 aliphatic carbocycles. The molecule has 0 spiro atoms. The predicted molar refractivity (Wildman–Crippen MR) is 189 cm³/mol. The van der Waals surface area contributed by atoms with E-state index in [1.54, 1.807) is 26.0 Å². The Hall–Kier alpha value is -4.16. The summed E-state index contributed by atoms with van der Waals surface area (Å²) < 4.78 is 47.4. The number of benzene rings is 2. The molecule has 1 aromatic heterocycles. The van der Waals surface area contributed by atoms with Crippen molar-refractivity contribution in [3.8, 4) is 0 Å². The summed E-state index contributed by atoms with van der Waals surface area (Å²) in [5.74, 6) is 0.673. The van der Waals surface area contributed by atoms with Gasteiger partial charge in [0, 0.05) is 31.7 Å². The van der Waals surface area contributed by atoms with Crippen molar-refractivity contribution in [1.29, 1.82) is 0 Å². The molecule has 0 saturated carbocycles. The Morgan fingerprint density at radius 1 is 0.833 bits per heavy atom. The number of aromatic nitrogens is 2. The number of imidazole rings is 1. The fraction of sp³-hybridized carbons (Fsp3) is 0.472. The smallest absolute Gasteiger partial charge is 0.338 e. The van der Waals surface area contributed by atoms with Crippen LogP contribution in [0.5, 0.6) is 0 Å². The minimum absolute atomic E-state index is 0.189. The number of esters is 2. The van der Waals surface area contributed by atoms with Gasteiger partial charge in [-0.25, -0.2) is 18.7 Å². The maximum Gasteiger partial charge on any atom is 0.338 e. The number of hydrogen-bond donors (Lipinski definition) is 1. The number of rotatable bonds is 17. The lowest BCUT2D eigenvalue weighted by molar-refractivity contribution is -0.674. The van der Waals surface area contributed by atoms with Crippen LogP contribution in [0.15, 0.2) is 54.4 Å². The molecular weight excluding hydrogens is 632 g/mol. The van der Waals surface area contributed by atoms with E-state index in [9.17, 15) is 22.6 Å². The van der Waals surface area contributed by atoms with Gasteiger partial charge in [0.15, 0.2) is 11.0 Å². The van der Waals surface area contributed by atoms with Crippen molar-refractivity contribution < 1.29 is 36.6 Å². The number of fused-ring (bicyclic) bond motifs is 2. The Bertz CT molecular complexity index is 1780. The molecule has 1 N–H and O–H groups in total. The van der Waals surface area contributed by atoms with Crippen LogP contribution < -0.4 is 14.4 Å². The van der Waals surface area contributed by atoms with E-state index in [0.717, 1.165) is 72.8 Å². The van der Waals surface area contributed by atoms with Crippen LogP contribution in [-0.4, -0.2) is 61.5 Å². The molecule has 0 bridgehead atoms. The summed E-state index contributed by atoms with van der Waals surface area (Å²) in [4.78, 5) is 29.7. The van der Waals surface area contributed by atoms with Crippen molar-refractivity contribution in [2.75, 3.05) is 41.9 Å². The predicted octanol–water partition coefficient (Wildman–Crippen LogP) is 6.36. The van der Waals surface area contributed by atoms with E-state index >= 15 is 0 Å². The molecule has 12 heteroatoms. The van der Waals surface area contributed by atoms with Gasteiger partial charge in [-0.3, -0.25) is 4.55 Å². The highest BCUT2D eigenvalue weighted by Crippen LogP contribution is 2.42. The zero-order chi connectivity index (χ0) is 34.8. The normalized spacial score (nSPS) is 14.0. The van der Waals surface area contributed by atoms with Gasteiger partial charge in [0.1, 0.15) is 5.82 Å². The monoisotopic (exact) mass is 681 g/mol. The maximum absolute atomic E-state index is 12.7. The van der Waals surface area contributed by atoms with Crippen LogP contribution in [-0.2, 0) is 32.7 Å². The largest absolute Gasteiger partial charge is 0.462 e. The Kier molecular flexibility index (Phi) is 12.8. The molecule has 260 valence electrons.